The number of ether oxygens (including phenoxy) is 2. The van der Waals surface area contributed by atoms with Crippen LogP contribution in [0.3, 0.4) is 0 Å². The average molecular weight is 453 g/mol. The molecule has 1 saturated carbocycles. The predicted molar refractivity (Wildman–Crippen MR) is 143 cm³/mol. The van der Waals surface area contributed by atoms with Crippen LogP contribution in [0.15, 0.2) is 72.8 Å². The van der Waals surface area contributed by atoms with Gasteiger partial charge in [-0.3, -0.25) is 0 Å². The van der Waals surface area contributed by atoms with E-state index in [4.69, 9.17) is 9.47 Å². The van der Waals surface area contributed by atoms with Gasteiger partial charge in [0.2, 0.25) is 0 Å². The summed E-state index contributed by atoms with van der Waals surface area (Å²) >= 11 is 0. The van der Waals surface area contributed by atoms with Gasteiger partial charge >= 0.3 is 0 Å². The van der Waals surface area contributed by atoms with E-state index in [1.807, 2.05) is 0 Å². The summed E-state index contributed by atoms with van der Waals surface area (Å²) in [6.45, 7) is 1.52. The van der Waals surface area contributed by atoms with Gasteiger partial charge in [0.05, 0.1) is 13.7 Å². The third-order valence-corrected chi connectivity index (χ3v) is 7.61. The van der Waals surface area contributed by atoms with Crippen LogP contribution in [0.2, 0.25) is 0 Å². The lowest BCUT2D eigenvalue weighted by atomic mass is 9.91. The maximum Gasteiger partial charge on any atom is 0.123 e. The molecule has 4 aromatic rings. The second-order valence-electron chi connectivity index (χ2n) is 9.77. The van der Waals surface area contributed by atoms with Crippen molar-refractivity contribution < 1.29 is 9.47 Å². The van der Waals surface area contributed by atoms with Crippen LogP contribution in [0.5, 0.6) is 5.75 Å². The Kier molecular flexibility index (Phi) is 7.46. The predicted octanol–water partition coefficient (Wildman–Crippen LogP) is 8.47. The Hall–Kier alpha value is -2.84. The van der Waals surface area contributed by atoms with Gasteiger partial charge in [-0.05, 0) is 51.1 Å². The molecular weight excluding hydrogens is 416 g/mol. The van der Waals surface area contributed by atoms with E-state index in [1.54, 1.807) is 7.11 Å². The van der Waals surface area contributed by atoms with Crippen LogP contribution in [0.1, 0.15) is 61.6 Å². The third-order valence-electron chi connectivity index (χ3n) is 7.61. The molecule has 4 aromatic carbocycles. The van der Waals surface area contributed by atoms with Gasteiger partial charge in [-0.2, -0.15) is 0 Å². The van der Waals surface area contributed by atoms with Crippen LogP contribution in [-0.4, -0.2) is 13.7 Å². The number of fused-ring (bicyclic) bond motifs is 2. The van der Waals surface area contributed by atoms with Crippen LogP contribution < -0.4 is 4.74 Å². The molecule has 0 bridgehead atoms. The monoisotopic (exact) mass is 452 g/mol. The minimum absolute atomic E-state index is 0.667. The van der Waals surface area contributed by atoms with E-state index in [0.29, 0.717) is 6.61 Å². The molecule has 0 spiro atoms. The Balaban J connectivity index is 1.42. The minimum atomic E-state index is 0.667. The molecule has 1 fully saturated rings. The van der Waals surface area contributed by atoms with Crippen LogP contribution >= 0.6 is 0 Å². The number of benzene rings is 4. The first kappa shape index (κ1) is 22.9. The molecule has 0 aliphatic heterocycles. The molecule has 0 aromatic heterocycles. The van der Waals surface area contributed by atoms with Crippen molar-refractivity contribution in [3.8, 4) is 5.75 Å². The molecule has 1 aliphatic carbocycles. The molecule has 34 heavy (non-hydrogen) atoms. The van der Waals surface area contributed by atoms with Crippen molar-refractivity contribution in [1.82, 2.24) is 0 Å². The Labute approximate surface area is 203 Å². The Bertz CT molecular complexity index is 1230. The zero-order chi connectivity index (χ0) is 23.2. The lowest BCUT2D eigenvalue weighted by Crippen LogP contribution is -2.06. The van der Waals surface area contributed by atoms with Crippen LogP contribution in [0, 0.1) is 5.92 Å². The molecule has 0 heterocycles. The molecular formula is C32H36O2. The lowest BCUT2D eigenvalue weighted by molar-refractivity contribution is 0.105. The van der Waals surface area contributed by atoms with Gasteiger partial charge in [0, 0.05) is 18.6 Å². The lowest BCUT2D eigenvalue weighted by Gasteiger charge is -2.18. The zero-order valence-corrected chi connectivity index (χ0v) is 20.4. The molecule has 176 valence electrons. The fourth-order valence-corrected chi connectivity index (χ4v) is 5.68. The summed E-state index contributed by atoms with van der Waals surface area (Å²) in [5, 5.41) is 5.09. The molecule has 0 unspecified atom stereocenters. The molecule has 0 radical (unpaired) electrons. The molecule has 0 saturated heterocycles. The highest BCUT2D eigenvalue weighted by molar-refractivity contribution is 5.91. The highest BCUT2D eigenvalue weighted by Gasteiger charge is 2.16. The van der Waals surface area contributed by atoms with Crippen molar-refractivity contribution in [1.29, 1.82) is 0 Å². The average Bonchev–Trinajstić information content (AvgIpc) is 3.16. The summed E-state index contributed by atoms with van der Waals surface area (Å²) in [7, 11) is 1.77. The van der Waals surface area contributed by atoms with E-state index < -0.39 is 0 Å². The Morgan fingerprint density at radius 2 is 1.35 bits per heavy atom. The normalized spacial score (nSPS) is 15.0. The quantitative estimate of drug-likeness (QED) is 0.197. The van der Waals surface area contributed by atoms with Gasteiger partial charge in [-0.15, -0.1) is 0 Å². The summed E-state index contributed by atoms with van der Waals surface area (Å²) < 4.78 is 12.1. The SMILES string of the molecule is COc1ccc2ccccc2c1Cc1c(COCCC2CCCCCC2)ccc2ccccc12. The van der Waals surface area contributed by atoms with E-state index in [2.05, 4.69) is 72.8 Å². The molecule has 0 amide bonds. The second-order valence-corrected chi connectivity index (χ2v) is 9.77. The highest BCUT2D eigenvalue weighted by Crippen LogP contribution is 2.34. The molecule has 2 nitrogen and oxygen atoms in total. The Morgan fingerprint density at radius 3 is 2.06 bits per heavy atom. The zero-order valence-electron chi connectivity index (χ0n) is 20.4. The molecule has 0 N–H and O–H groups in total. The van der Waals surface area contributed by atoms with E-state index in [0.717, 1.165) is 24.7 Å². The van der Waals surface area contributed by atoms with Crippen molar-refractivity contribution in [2.75, 3.05) is 13.7 Å². The number of hydrogen-bond donors (Lipinski definition) is 0. The summed E-state index contributed by atoms with van der Waals surface area (Å²) in [5.41, 5.74) is 3.88. The number of hydrogen-bond acceptors (Lipinski definition) is 2. The van der Waals surface area contributed by atoms with Crippen molar-refractivity contribution in [3.05, 3.63) is 89.5 Å². The van der Waals surface area contributed by atoms with Crippen molar-refractivity contribution in [3.63, 3.8) is 0 Å². The molecule has 5 rings (SSSR count). The van der Waals surface area contributed by atoms with Crippen molar-refractivity contribution in [2.24, 2.45) is 5.92 Å². The fraction of sp³-hybridized carbons (Fsp3) is 0.375. The molecule has 2 heteroatoms. The third kappa shape index (κ3) is 5.13. The second kappa shape index (κ2) is 11.1. The van der Waals surface area contributed by atoms with E-state index in [9.17, 15) is 0 Å². The fourth-order valence-electron chi connectivity index (χ4n) is 5.68. The van der Waals surface area contributed by atoms with E-state index >= 15 is 0 Å². The summed E-state index contributed by atoms with van der Waals surface area (Å²) in [5.74, 6) is 1.80. The summed E-state index contributed by atoms with van der Waals surface area (Å²) in [4.78, 5) is 0. The smallest absolute Gasteiger partial charge is 0.123 e. The van der Waals surface area contributed by atoms with E-state index in [1.165, 1.54) is 83.2 Å². The molecule has 1 aliphatic rings. The summed E-state index contributed by atoms with van der Waals surface area (Å²) in [6.07, 6.45) is 10.4. The topological polar surface area (TPSA) is 18.5 Å². The number of rotatable bonds is 8. The first-order valence-electron chi connectivity index (χ1n) is 13.0. The van der Waals surface area contributed by atoms with Gasteiger partial charge in [-0.1, -0.05) is 105 Å². The van der Waals surface area contributed by atoms with Gasteiger partial charge in [-0.25, -0.2) is 0 Å². The largest absolute Gasteiger partial charge is 0.496 e. The van der Waals surface area contributed by atoms with Gasteiger partial charge in [0.25, 0.3) is 0 Å². The van der Waals surface area contributed by atoms with Gasteiger partial charge in [0.1, 0.15) is 5.75 Å². The van der Waals surface area contributed by atoms with Gasteiger partial charge in [0.15, 0.2) is 0 Å². The summed E-state index contributed by atoms with van der Waals surface area (Å²) in [6, 6.07) is 26.1. The van der Waals surface area contributed by atoms with Crippen molar-refractivity contribution in [2.45, 2.75) is 58.0 Å². The van der Waals surface area contributed by atoms with Crippen LogP contribution in [-0.2, 0) is 17.8 Å². The molecule has 0 atom stereocenters. The van der Waals surface area contributed by atoms with Crippen LogP contribution in [0.25, 0.3) is 21.5 Å². The first-order chi connectivity index (χ1) is 16.8. The highest BCUT2D eigenvalue weighted by atomic mass is 16.5. The standard InChI is InChI=1S/C32H36O2/c1-33-32-19-18-26-13-7-9-15-29(26)31(32)22-30-27(17-16-25-12-6-8-14-28(25)30)23-34-21-20-24-10-4-2-3-5-11-24/h6-9,12-19,24H,2-5,10-11,20-23H2,1H3. The van der Waals surface area contributed by atoms with Crippen molar-refractivity contribution >= 4 is 21.5 Å². The number of methoxy groups -OCH3 is 1. The minimum Gasteiger partial charge on any atom is -0.496 e. The maximum absolute atomic E-state index is 6.30. The maximum atomic E-state index is 6.30. The first-order valence-corrected chi connectivity index (χ1v) is 13.0. The Morgan fingerprint density at radius 1 is 0.706 bits per heavy atom. The van der Waals surface area contributed by atoms with Crippen LogP contribution in [0.4, 0.5) is 0 Å². The van der Waals surface area contributed by atoms with Gasteiger partial charge < -0.3 is 9.47 Å². The van der Waals surface area contributed by atoms with E-state index in [-0.39, 0.29) is 0 Å².